The molecule has 0 aromatic heterocycles. The van der Waals surface area contributed by atoms with Gasteiger partial charge in [-0.05, 0) is 0 Å². The number of nitrogens with zero attached hydrogens (tertiary/aromatic N) is 1. The topological polar surface area (TPSA) is 47.9 Å². The van der Waals surface area contributed by atoms with Crippen molar-refractivity contribution < 1.29 is 9.88 Å². The molecule has 0 spiro atoms. The Balaban J connectivity index is 2.49. The summed E-state index contributed by atoms with van der Waals surface area (Å²) in [6.45, 7) is 0. The molecule has 0 N–H and O–H groups in total. The molecule has 0 aliphatic rings. The van der Waals surface area contributed by atoms with Crippen molar-refractivity contribution in [1.29, 1.82) is 0 Å². The summed E-state index contributed by atoms with van der Waals surface area (Å²) >= 11 is 4.83. The molecule has 4 nitrogen and oxygen atoms in total. The van der Waals surface area contributed by atoms with E-state index in [0.717, 1.165) is 0 Å². The first-order valence-electron chi connectivity index (χ1n) is 1.09. The molecule has 0 heterocycles. The largest absolute Gasteiger partial charge is 0.190 e. The lowest BCUT2D eigenvalue weighted by Crippen LogP contribution is -1.79. The van der Waals surface area contributed by atoms with Crippen molar-refractivity contribution in [2.45, 2.75) is 0 Å². The second-order valence-electron chi connectivity index (χ2n) is 0.376. The van der Waals surface area contributed by atoms with Crippen LogP contribution in [0.3, 0.4) is 0 Å². The Morgan fingerprint density at radius 3 is 2.67 bits per heavy atom. The number of halogens is 1. The van der Waals surface area contributed by atoms with Crippen molar-refractivity contribution in [2.24, 2.45) is 5.34 Å². The van der Waals surface area contributed by atoms with Crippen molar-refractivity contribution in [3.8, 4) is 0 Å². The molecule has 36 valence electrons. The molecule has 0 bridgehead atoms. The predicted octanol–water partition coefficient (Wildman–Crippen LogP) is 0.812. The maximum absolute atomic E-state index is 8.91. The summed E-state index contributed by atoms with van der Waals surface area (Å²) in [7, 11) is 0. The summed E-state index contributed by atoms with van der Waals surface area (Å²) in [5, 5.41) is 1.87. The van der Waals surface area contributed by atoms with Crippen molar-refractivity contribution >= 4 is 11.6 Å². The Kier molecular flexibility index (Phi) is 4.38. The van der Waals surface area contributed by atoms with Crippen LogP contribution in [0.15, 0.2) is 5.34 Å². The van der Waals surface area contributed by atoms with E-state index >= 15 is 0 Å². The highest BCUT2D eigenvalue weighted by Crippen LogP contribution is 1.79. The van der Waals surface area contributed by atoms with Crippen LogP contribution in [0.5, 0.6) is 0 Å². The zero-order valence-electron chi connectivity index (χ0n) is 2.76. The van der Waals surface area contributed by atoms with Gasteiger partial charge in [0.15, 0.2) is 11.4 Å². The minimum atomic E-state index is -0.189. The van der Waals surface area contributed by atoms with Gasteiger partial charge in [0, 0.05) is 0 Å². The van der Waals surface area contributed by atoms with E-state index in [2.05, 4.69) is 9.88 Å². The average Bonchev–Trinajstić information content (AvgIpc) is 1.61. The van der Waals surface area contributed by atoms with Gasteiger partial charge in [-0.2, -0.15) is 4.99 Å². The third-order valence-electron chi connectivity index (χ3n) is 0.128. The standard InChI is InChI=1S/CH2ClNO3/c2-1-5-6-3-4/h1H2. The second-order valence-corrected chi connectivity index (χ2v) is 0.594. The highest BCUT2D eigenvalue weighted by Gasteiger charge is 1.73. The summed E-state index contributed by atoms with van der Waals surface area (Å²) in [5.41, 5.74) is 0. The van der Waals surface area contributed by atoms with Crippen LogP contribution in [0.1, 0.15) is 0 Å². The molecule has 0 aromatic carbocycles. The van der Waals surface area contributed by atoms with Crippen LogP contribution in [-0.4, -0.2) is 6.07 Å². The SMILES string of the molecule is O=NOOCCl. The average molecular weight is 111 g/mol. The lowest BCUT2D eigenvalue weighted by molar-refractivity contribution is -0.283. The number of hydrogen-bond acceptors (Lipinski definition) is 4. The van der Waals surface area contributed by atoms with Crippen molar-refractivity contribution in [2.75, 3.05) is 6.07 Å². The molecule has 0 saturated carbocycles. The fourth-order valence-corrected chi connectivity index (χ4v) is 0.0813. The Labute approximate surface area is 38.8 Å². The second kappa shape index (κ2) is 4.65. The molecule has 0 aliphatic carbocycles. The van der Waals surface area contributed by atoms with Gasteiger partial charge in [-0.3, -0.25) is 0 Å². The zero-order chi connectivity index (χ0) is 4.83. The van der Waals surface area contributed by atoms with Crippen LogP contribution >= 0.6 is 11.6 Å². The normalized spacial score (nSPS) is 7.50. The Morgan fingerprint density at radius 2 is 2.50 bits per heavy atom. The van der Waals surface area contributed by atoms with Crippen molar-refractivity contribution in [3.05, 3.63) is 4.91 Å². The van der Waals surface area contributed by atoms with Gasteiger partial charge in [0.1, 0.15) is 0 Å². The van der Waals surface area contributed by atoms with Crippen LogP contribution in [-0.2, 0) is 9.88 Å². The zero-order valence-corrected chi connectivity index (χ0v) is 3.51. The summed E-state index contributed by atoms with van der Waals surface area (Å²) in [6, 6.07) is -0.189. The fourth-order valence-electron chi connectivity index (χ4n) is 0.0414. The molecule has 0 saturated heterocycles. The van der Waals surface area contributed by atoms with Gasteiger partial charge in [0.05, 0.1) is 0 Å². The van der Waals surface area contributed by atoms with Crippen LogP contribution in [0, 0.1) is 4.91 Å². The third-order valence-corrected chi connectivity index (χ3v) is 0.217. The minimum absolute atomic E-state index is 0.189. The van der Waals surface area contributed by atoms with Gasteiger partial charge in [-0.25, -0.2) is 0 Å². The Bertz CT molecular complexity index is 39.8. The van der Waals surface area contributed by atoms with Gasteiger partial charge in [-0.15, -0.1) is 9.79 Å². The van der Waals surface area contributed by atoms with Crippen LogP contribution in [0.25, 0.3) is 0 Å². The molecule has 0 fully saturated rings. The smallest absolute Gasteiger partial charge is 0.180 e. The molecule has 0 aromatic rings. The molecule has 0 rings (SSSR count). The summed E-state index contributed by atoms with van der Waals surface area (Å²) in [4.78, 5) is 16.1. The fraction of sp³-hybridized carbons (Fsp3) is 1.00. The molecule has 0 amide bonds. The first kappa shape index (κ1) is 5.65. The molecule has 5 heteroatoms. The van der Waals surface area contributed by atoms with Gasteiger partial charge < -0.3 is 0 Å². The van der Waals surface area contributed by atoms with Gasteiger partial charge in [0.25, 0.3) is 0 Å². The van der Waals surface area contributed by atoms with Crippen molar-refractivity contribution in [1.82, 2.24) is 0 Å². The highest BCUT2D eigenvalue weighted by molar-refractivity contribution is 6.17. The van der Waals surface area contributed by atoms with E-state index in [4.69, 9.17) is 16.5 Å². The van der Waals surface area contributed by atoms with Crippen LogP contribution in [0.2, 0.25) is 0 Å². The summed E-state index contributed by atoms with van der Waals surface area (Å²) in [5.74, 6) is 0. The first-order valence-corrected chi connectivity index (χ1v) is 1.62. The van der Waals surface area contributed by atoms with Crippen LogP contribution in [0.4, 0.5) is 0 Å². The quantitative estimate of drug-likeness (QED) is 0.178. The van der Waals surface area contributed by atoms with E-state index in [1.54, 1.807) is 0 Å². The van der Waals surface area contributed by atoms with E-state index in [-0.39, 0.29) is 6.07 Å². The molecular formula is CH2ClNO3. The number of hydrogen-bond donors (Lipinski definition) is 0. The maximum atomic E-state index is 8.91. The third kappa shape index (κ3) is 3.65. The minimum Gasteiger partial charge on any atom is -0.180 e. The first-order chi connectivity index (χ1) is 2.91. The Hall–Kier alpha value is -0.350. The summed E-state index contributed by atoms with van der Waals surface area (Å²) in [6.07, 6.45) is 0. The molecule has 6 heavy (non-hydrogen) atoms. The number of alkyl halides is 1. The number of rotatable bonds is 3. The van der Waals surface area contributed by atoms with Crippen molar-refractivity contribution in [3.63, 3.8) is 0 Å². The lowest BCUT2D eigenvalue weighted by atomic mass is 11.7. The maximum Gasteiger partial charge on any atom is 0.190 e. The van der Waals surface area contributed by atoms with E-state index in [9.17, 15) is 0 Å². The lowest BCUT2D eigenvalue weighted by Gasteiger charge is -1.81. The molecule has 0 atom stereocenters. The Morgan fingerprint density at radius 1 is 1.83 bits per heavy atom. The monoisotopic (exact) mass is 111 g/mol. The van der Waals surface area contributed by atoms with E-state index in [1.807, 2.05) is 5.34 Å². The van der Waals surface area contributed by atoms with E-state index in [1.165, 1.54) is 0 Å². The van der Waals surface area contributed by atoms with Gasteiger partial charge >= 0.3 is 0 Å². The molecule has 0 radical (unpaired) electrons. The molecule has 0 aliphatic heterocycles. The molecular weight excluding hydrogens is 109 g/mol. The van der Waals surface area contributed by atoms with E-state index in [0.29, 0.717) is 0 Å². The summed E-state index contributed by atoms with van der Waals surface area (Å²) < 4.78 is 0. The molecule has 0 unspecified atom stereocenters. The van der Waals surface area contributed by atoms with Gasteiger partial charge in [0.2, 0.25) is 0 Å². The van der Waals surface area contributed by atoms with Crippen LogP contribution < -0.4 is 0 Å². The van der Waals surface area contributed by atoms with E-state index < -0.39 is 0 Å². The highest BCUT2D eigenvalue weighted by atomic mass is 35.5. The van der Waals surface area contributed by atoms with Gasteiger partial charge in [-0.1, -0.05) is 11.6 Å². The predicted molar refractivity (Wildman–Crippen MR) is 18.7 cm³/mol.